The van der Waals surface area contributed by atoms with Crippen molar-refractivity contribution in [2.75, 3.05) is 0 Å². The van der Waals surface area contributed by atoms with Crippen LogP contribution in [0.2, 0.25) is 0 Å². The molecule has 3 aromatic rings. The Morgan fingerprint density at radius 3 is 2.95 bits per heavy atom. The molecule has 0 aliphatic carbocycles. The van der Waals surface area contributed by atoms with Crippen molar-refractivity contribution < 1.29 is 9.90 Å². The first-order valence-electron chi connectivity index (χ1n) is 5.98. The van der Waals surface area contributed by atoms with Crippen LogP contribution in [0.15, 0.2) is 47.8 Å². The second-order valence-electron chi connectivity index (χ2n) is 4.19. The zero-order valence-electron chi connectivity index (χ0n) is 10.4. The molecule has 100 valence electrons. The molecule has 2 N–H and O–H groups in total. The Kier molecular flexibility index (Phi) is 3.39. The Labute approximate surface area is 119 Å². The van der Waals surface area contributed by atoms with E-state index in [1.54, 1.807) is 24.4 Å². The number of rotatable bonds is 4. The maximum atomic E-state index is 10.9. The minimum absolute atomic E-state index is 0.241. The zero-order chi connectivity index (χ0) is 13.9. The number of H-pyrrole nitrogens is 1. The van der Waals surface area contributed by atoms with Gasteiger partial charge in [-0.2, -0.15) is 0 Å². The molecular formula is C14H11N3O2S. The summed E-state index contributed by atoms with van der Waals surface area (Å²) in [6.45, 7) is 0. The summed E-state index contributed by atoms with van der Waals surface area (Å²) in [5, 5.41) is 9.71. The van der Waals surface area contributed by atoms with Gasteiger partial charge in [0.25, 0.3) is 0 Å². The minimum Gasteiger partial charge on any atom is -0.478 e. The van der Waals surface area contributed by atoms with Crippen molar-refractivity contribution in [2.24, 2.45) is 0 Å². The highest BCUT2D eigenvalue weighted by Gasteiger charge is 2.08. The average molecular weight is 285 g/mol. The van der Waals surface area contributed by atoms with E-state index in [2.05, 4.69) is 15.0 Å². The van der Waals surface area contributed by atoms with Gasteiger partial charge in [-0.3, -0.25) is 4.98 Å². The Balaban J connectivity index is 1.80. The van der Waals surface area contributed by atoms with Gasteiger partial charge >= 0.3 is 5.97 Å². The first kappa shape index (κ1) is 12.7. The summed E-state index contributed by atoms with van der Waals surface area (Å²) in [5.41, 5.74) is 2.71. The molecule has 0 saturated carbocycles. The molecule has 0 spiro atoms. The van der Waals surface area contributed by atoms with Crippen LogP contribution in [-0.2, 0) is 5.75 Å². The largest absolute Gasteiger partial charge is 0.478 e. The molecular weight excluding hydrogens is 274 g/mol. The number of pyridine rings is 1. The summed E-state index contributed by atoms with van der Waals surface area (Å²) < 4.78 is 0. The van der Waals surface area contributed by atoms with E-state index < -0.39 is 5.97 Å². The van der Waals surface area contributed by atoms with Gasteiger partial charge in [-0.05, 0) is 30.3 Å². The molecule has 3 rings (SSSR count). The zero-order valence-corrected chi connectivity index (χ0v) is 11.2. The molecule has 6 heteroatoms. The van der Waals surface area contributed by atoms with Gasteiger partial charge in [0.15, 0.2) is 5.16 Å². The van der Waals surface area contributed by atoms with Gasteiger partial charge in [0.1, 0.15) is 0 Å². The third-order valence-electron chi connectivity index (χ3n) is 2.79. The number of thioether (sulfide) groups is 1. The standard InChI is InChI=1S/C14H11N3O2S/c18-13(19)9-4-5-11-12(7-9)17-14(16-11)20-8-10-3-1-2-6-15-10/h1-7H,8H2,(H,16,17)(H,18,19). The molecule has 0 atom stereocenters. The molecule has 0 aliphatic rings. The van der Waals surface area contributed by atoms with Gasteiger partial charge in [-0.15, -0.1) is 0 Å². The Morgan fingerprint density at radius 2 is 2.20 bits per heavy atom. The third-order valence-corrected chi connectivity index (χ3v) is 3.70. The molecule has 0 aliphatic heterocycles. The molecule has 2 aromatic heterocycles. The van der Waals surface area contributed by atoms with E-state index in [4.69, 9.17) is 5.11 Å². The van der Waals surface area contributed by atoms with Crippen LogP contribution in [-0.4, -0.2) is 26.0 Å². The Morgan fingerprint density at radius 1 is 1.30 bits per heavy atom. The number of carboxylic acids is 1. The average Bonchev–Trinajstić information content (AvgIpc) is 2.88. The number of carbonyl (C=O) groups is 1. The van der Waals surface area contributed by atoms with Crippen LogP contribution in [0.4, 0.5) is 0 Å². The number of hydrogen-bond donors (Lipinski definition) is 2. The third kappa shape index (κ3) is 2.65. The van der Waals surface area contributed by atoms with E-state index in [0.29, 0.717) is 11.3 Å². The maximum Gasteiger partial charge on any atom is 0.335 e. The monoisotopic (exact) mass is 285 g/mol. The number of nitrogens with zero attached hydrogens (tertiary/aromatic N) is 2. The maximum absolute atomic E-state index is 10.9. The predicted molar refractivity (Wildman–Crippen MR) is 76.9 cm³/mol. The Hall–Kier alpha value is -2.34. The number of benzene rings is 1. The van der Waals surface area contributed by atoms with Crippen molar-refractivity contribution in [3.8, 4) is 0 Å². The normalized spacial score (nSPS) is 10.8. The van der Waals surface area contributed by atoms with Crippen molar-refractivity contribution in [3.05, 3.63) is 53.9 Å². The summed E-state index contributed by atoms with van der Waals surface area (Å²) in [4.78, 5) is 22.7. The van der Waals surface area contributed by atoms with Gasteiger partial charge in [-0.1, -0.05) is 17.8 Å². The van der Waals surface area contributed by atoms with E-state index in [1.807, 2.05) is 18.2 Å². The van der Waals surface area contributed by atoms with Crippen LogP contribution in [0.3, 0.4) is 0 Å². The van der Waals surface area contributed by atoms with Gasteiger partial charge in [0.2, 0.25) is 0 Å². The summed E-state index contributed by atoms with van der Waals surface area (Å²) >= 11 is 1.54. The van der Waals surface area contributed by atoms with Crippen LogP contribution >= 0.6 is 11.8 Å². The van der Waals surface area contributed by atoms with Crippen molar-refractivity contribution in [3.63, 3.8) is 0 Å². The van der Waals surface area contributed by atoms with E-state index in [-0.39, 0.29) is 5.56 Å². The van der Waals surface area contributed by atoms with Gasteiger partial charge in [-0.25, -0.2) is 9.78 Å². The number of imidazole rings is 1. The van der Waals surface area contributed by atoms with Crippen molar-refractivity contribution >= 4 is 28.8 Å². The van der Waals surface area contributed by atoms with Gasteiger partial charge < -0.3 is 10.1 Å². The molecule has 20 heavy (non-hydrogen) atoms. The number of fused-ring (bicyclic) bond motifs is 1. The van der Waals surface area contributed by atoms with E-state index in [0.717, 1.165) is 16.4 Å². The summed E-state index contributed by atoms with van der Waals surface area (Å²) in [7, 11) is 0. The topological polar surface area (TPSA) is 78.9 Å². The van der Waals surface area contributed by atoms with Crippen LogP contribution in [0.5, 0.6) is 0 Å². The SMILES string of the molecule is O=C(O)c1ccc2[nH]c(SCc3ccccn3)nc2c1. The highest BCUT2D eigenvalue weighted by molar-refractivity contribution is 7.98. The van der Waals surface area contributed by atoms with E-state index in [9.17, 15) is 4.79 Å². The minimum atomic E-state index is -0.947. The number of aromatic nitrogens is 3. The number of carboxylic acid groups (broad SMARTS) is 1. The number of aromatic carboxylic acids is 1. The lowest BCUT2D eigenvalue weighted by atomic mass is 10.2. The lowest BCUT2D eigenvalue weighted by Crippen LogP contribution is -1.94. The van der Waals surface area contributed by atoms with Crippen LogP contribution in [0.1, 0.15) is 16.1 Å². The smallest absolute Gasteiger partial charge is 0.335 e. The molecule has 0 radical (unpaired) electrons. The first-order chi connectivity index (χ1) is 9.72. The molecule has 5 nitrogen and oxygen atoms in total. The number of aromatic amines is 1. The molecule has 0 amide bonds. The fourth-order valence-electron chi connectivity index (χ4n) is 1.81. The van der Waals surface area contributed by atoms with Crippen LogP contribution in [0.25, 0.3) is 11.0 Å². The molecule has 0 saturated heterocycles. The summed E-state index contributed by atoms with van der Waals surface area (Å²) in [5.74, 6) is -0.232. The van der Waals surface area contributed by atoms with Crippen molar-refractivity contribution in [1.82, 2.24) is 15.0 Å². The molecule has 0 unspecified atom stereocenters. The number of hydrogen-bond acceptors (Lipinski definition) is 4. The van der Waals surface area contributed by atoms with Crippen LogP contribution in [0, 0.1) is 0 Å². The lowest BCUT2D eigenvalue weighted by molar-refractivity contribution is 0.0697. The van der Waals surface area contributed by atoms with E-state index in [1.165, 1.54) is 11.8 Å². The fourth-order valence-corrected chi connectivity index (χ4v) is 2.61. The van der Waals surface area contributed by atoms with Crippen LogP contribution < -0.4 is 0 Å². The quantitative estimate of drug-likeness (QED) is 0.720. The predicted octanol–water partition coefficient (Wildman–Crippen LogP) is 2.95. The molecule has 2 heterocycles. The Bertz CT molecular complexity index is 755. The molecule has 0 bridgehead atoms. The summed E-state index contributed by atoms with van der Waals surface area (Å²) in [6, 6.07) is 10.6. The van der Waals surface area contributed by atoms with Crippen molar-refractivity contribution in [2.45, 2.75) is 10.9 Å². The molecule has 1 aromatic carbocycles. The highest BCUT2D eigenvalue weighted by Crippen LogP contribution is 2.23. The fraction of sp³-hybridized carbons (Fsp3) is 0.0714. The second-order valence-corrected chi connectivity index (χ2v) is 5.15. The lowest BCUT2D eigenvalue weighted by Gasteiger charge is -1.96. The van der Waals surface area contributed by atoms with Gasteiger partial charge in [0, 0.05) is 11.9 Å². The van der Waals surface area contributed by atoms with E-state index >= 15 is 0 Å². The molecule has 0 fully saturated rings. The summed E-state index contributed by atoms with van der Waals surface area (Å²) in [6.07, 6.45) is 1.76. The number of nitrogens with one attached hydrogen (secondary N) is 1. The van der Waals surface area contributed by atoms with Crippen molar-refractivity contribution in [1.29, 1.82) is 0 Å². The first-order valence-corrected chi connectivity index (χ1v) is 6.97. The van der Waals surface area contributed by atoms with Gasteiger partial charge in [0.05, 0.1) is 22.3 Å². The second kappa shape index (κ2) is 5.34. The highest BCUT2D eigenvalue weighted by atomic mass is 32.2.